The Morgan fingerprint density at radius 1 is 1.27 bits per heavy atom. The molecule has 0 bridgehead atoms. The summed E-state index contributed by atoms with van der Waals surface area (Å²) in [5, 5.41) is 20.7. The molecule has 90 valence electrons. The molecular weight excluding hydrogens is 194 g/mol. The molecule has 0 aromatic heterocycles. The van der Waals surface area contributed by atoms with Crippen LogP contribution in [0.1, 0.15) is 40.0 Å². The fraction of sp³-hybridized carbons (Fsp3) is 0.909. The van der Waals surface area contributed by atoms with Gasteiger partial charge < -0.3 is 15.5 Å². The van der Waals surface area contributed by atoms with Crippen LogP contribution in [-0.4, -0.2) is 34.9 Å². The zero-order valence-electron chi connectivity index (χ0n) is 9.86. The van der Waals surface area contributed by atoms with Gasteiger partial charge in [0.1, 0.15) is 0 Å². The summed E-state index contributed by atoms with van der Waals surface area (Å²) >= 11 is 0. The molecule has 0 spiro atoms. The van der Waals surface area contributed by atoms with E-state index in [1.807, 2.05) is 13.8 Å². The summed E-state index contributed by atoms with van der Waals surface area (Å²) in [6.45, 7) is 5.77. The molecule has 0 aromatic carbocycles. The number of aliphatic hydroxyl groups excluding tert-OH is 2. The van der Waals surface area contributed by atoms with E-state index in [0.29, 0.717) is 25.2 Å². The van der Waals surface area contributed by atoms with E-state index in [-0.39, 0.29) is 18.6 Å². The number of hydrogen-bond acceptors (Lipinski definition) is 3. The number of amides is 1. The van der Waals surface area contributed by atoms with E-state index >= 15 is 0 Å². The van der Waals surface area contributed by atoms with Gasteiger partial charge in [0.2, 0.25) is 5.91 Å². The van der Waals surface area contributed by atoms with Crippen LogP contribution in [0.3, 0.4) is 0 Å². The highest BCUT2D eigenvalue weighted by Crippen LogP contribution is 2.06. The molecule has 0 saturated heterocycles. The van der Waals surface area contributed by atoms with Crippen molar-refractivity contribution in [2.75, 3.05) is 6.61 Å². The van der Waals surface area contributed by atoms with Crippen LogP contribution >= 0.6 is 0 Å². The van der Waals surface area contributed by atoms with Gasteiger partial charge in [0.05, 0.1) is 6.10 Å². The Labute approximate surface area is 91.7 Å². The normalized spacial score (nSPS) is 15.1. The van der Waals surface area contributed by atoms with Gasteiger partial charge in [0.25, 0.3) is 0 Å². The van der Waals surface area contributed by atoms with Gasteiger partial charge >= 0.3 is 0 Å². The minimum absolute atomic E-state index is 0.0245. The van der Waals surface area contributed by atoms with Crippen molar-refractivity contribution in [2.24, 2.45) is 5.92 Å². The first kappa shape index (κ1) is 14.4. The first-order valence-corrected chi connectivity index (χ1v) is 5.55. The van der Waals surface area contributed by atoms with E-state index in [1.165, 1.54) is 0 Å². The maximum Gasteiger partial charge on any atom is 0.220 e. The van der Waals surface area contributed by atoms with Crippen LogP contribution in [0.5, 0.6) is 0 Å². The van der Waals surface area contributed by atoms with Crippen LogP contribution in [0, 0.1) is 5.92 Å². The van der Waals surface area contributed by atoms with Crippen molar-refractivity contribution in [2.45, 2.75) is 52.2 Å². The second-order valence-corrected chi connectivity index (χ2v) is 4.32. The standard InChI is InChI=1S/C11H23NO3/c1-8(2)10(6-7-13)12-11(15)5-4-9(3)14/h8-10,13-14H,4-7H2,1-3H3,(H,12,15). The maximum absolute atomic E-state index is 11.4. The molecule has 1 amide bonds. The van der Waals surface area contributed by atoms with E-state index in [0.717, 1.165) is 0 Å². The van der Waals surface area contributed by atoms with E-state index < -0.39 is 6.10 Å². The monoisotopic (exact) mass is 217 g/mol. The molecule has 0 rings (SSSR count). The van der Waals surface area contributed by atoms with Crippen LogP contribution in [-0.2, 0) is 4.79 Å². The smallest absolute Gasteiger partial charge is 0.220 e. The molecule has 2 atom stereocenters. The Bertz CT molecular complexity index is 181. The molecule has 0 aromatic rings. The zero-order valence-corrected chi connectivity index (χ0v) is 9.86. The van der Waals surface area contributed by atoms with Crippen LogP contribution in [0.15, 0.2) is 0 Å². The Balaban J connectivity index is 3.89. The number of nitrogens with one attached hydrogen (secondary N) is 1. The molecule has 0 aliphatic carbocycles. The molecular formula is C11H23NO3. The maximum atomic E-state index is 11.4. The molecule has 0 radical (unpaired) electrons. The summed E-state index contributed by atoms with van der Waals surface area (Å²) in [6, 6.07) is 0.0245. The molecule has 0 aliphatic rings. The number of carbonyl (C=O) groups excluding carboxylic acids is 1. The Morgan fingerprint density at radius 3 is 2.27 bits per heavy atom. The molecule has 0 heterocycles. The lowest BCUT2D eigenvalue weighted by molar-refractivity contribution is -0.122. The van der Waals surface area contributed by atoms with Gasteiger partial charge in [-0.2, -0.15) is 0 Å². The third kappa shape index (κ3) is 7.33. The van der Waals surface area contributed by atoms with Gasteiger partial charge in [0, 0.05) is 19.1 Å². The van der Waals surface area contributed by atoms with Gasteiger partial charge in [0.15, 0.2) is 0 Å². The zero-order chi connectivity index (χ0) is 11.8. The molecule has 4 heteroatoms. The van der Waals surface area contributed by atoms with Crippen molar-refractivity contribution < 1.29 is 15.0 Å². The summed E-state index contributed by atoms with van der Waals surface area (Å²) in [6.07, 6.45) is 0.964. The molecule has 3 N–H and O–H groups in total. The van der Waals surface area contributed by atoms with Gasteiger partial charge in [-0.25, -0.2) is 0 Å². The minimum Gasteiger partial charge on any atom is -0.396 e. The lowest BCUT2D eigenvalue weighted by Crippen LogP contribution is -2.39. The third-order valence-corrected chi connectivity index (χ3v) is 2.38. The highest BCUT2D eigenvalue weighted by molar-refractivity contribution is 5.76. The highest BCUT2D eigenvalue weighted by Gasteiger charge is 2.15. The van der Waals surface area contributed by atoms with Crippen LogP contribution in [0.2, 0.25) is 0 Å². The summed E-state index contributed by atoms with van der Waals surface area (Å²) in [5.74, 6) is 0.260. The van der Waals surface area contributed by atoms with E-state index in [9.17, 15) is 4.79 Å². The molecule has 4 nitrogen and oxygen atoms in total. The van der Waals surface area contributed by atoms with E-state index in [1.54, 1.807) is 6.92 Å². The van der Waals surface area contributed by atoms with Gasteiger partial charge in [-0.3, -0.25) is 4.79 Å². The molecule has 0 aliphatic heterocycles. The van der Waals surface area contributed by atoms with E-state index in [2.05, 4.69) is 5.32 Å². The van der Waals surface area contributed by atoms with Crippen molar-refractivity contribution in [3.63, 3.8) is 0 Å². The van der Waals surface area contributed by atoms with Gasteiger partial charge in [-0.1, -0.05) is 13.8 Å². The first-order valence-electron chi connectivity index (χ1n) is 5.55. The first-order chi connectivity index (χ1) is 6.97. The topological polar surface area (TPSA) is 69.6 Å². The summed E-state index contributed by atoms with van der Waals surface area (Å²) < 4.78 is 0. The Hall–Kier alpha value is -0.610. The number of aliphatic hydroxyl groups is 2. The quantitative estimate of drug-likeness (QED) is 0.587. The average Bonchev–Trinajstić information content (AvgIpc) is 2.14. The Kier molecular flexibility index (Phi) is 7.34. The van der Waals surface area contributed by atoms with Crippen molar-refractivity contribution in [3.05, 3.63) is 0 Å². The minimum atomic E-state index is -0.439. The van der Waals surface area contributed by atoms with Crippen LogP contribution < -0.4 is 5.32 Å². The molecule has 15 heavy (non-hydrogen) atoms. The average molecular weight is 217 g/mol. The third-order valence-electron chi connectivity index (χ3n) is 2.38. The predicted molar refractivity (Wildman–Crippen MR) is 59.4 cm³/mol. The predicted octanol–water partition coefficient (Wildman–Crippen LogP) is 0.671. The second kappa shape index (κ2) is 7.65. The van der Waals surface area contributed by atoms with Crippen molar-refractivity contribution in [1.29, 1.82) is 0 Å². The van der Waals surface area contributed by atoms with Gasteiger partial charge in [-0.15, -0.1) is 0 Å². The number of rotatable bonds is 7. The summed E-state index contributed by atoms with van der Waals surface area (Å²) in [5.41, 5.74) is 0. The van der Waals surface area contributed by atoms with E-state index in [4.69, 9.17) is 10.2 Å². The molecule has 0 fully saturated rings. The van der Waals surface area contributed by atoms with Crippen molar-refractivity contribution >= 4 is 5.91 Å². The van der Waals surface area contributed by atoms with Crippen LogP contribution in [0.25, 0.3) is 0 Å². The molecule has 0 saturated carbocycles. The summed E-state index contributed by atoms with van der Waals surface area (Å²) in [4.78, 5) is 11.4. The lowest BCUT2D eigenvalue weighted by Gasteiger charge is -2.21. The fourth-order valence-electron chi connectivity index (χ4n) is 1.33. The fourth-order valence-corrected chi connectivity index (χ4v) is 1.33. The molecule has 2 unspecified atom stereocenters. The van der Waals surface area contributed by atoms with Crippen LogP contribution in [0.4, 0.5) is 0 Å². The number of carbonyl (C=O) groups is 1. The second-order valence-electron chi connectivity index (χ2n) is 4.32. The Morgan fingerprint density at radius 2 is 1.87 bits per heavy atom. The largest absolute Gasteiger partial charge is 0.396 e. The highest BCUT2D eigenvalue weighted by atomic mass is 16.3. The lowest BCUT2D eigenvalue weighted by atomic mass is 10.0. The summed E-state index contributed by atoms with van der Waals surface area (Å²) in [7, 11) is 0. The van der Waals surface area contributed by atoms with Crippen molar-refractivity contribution in [3.8, 4) is 0 Å². The SMILES string of the molecule is CC(O)CCC(=O)NC(CCO)C(C)C. The van der Waals surface area contributed by atoms with Crippen molar-refractivity contribution in [1.82, 2.24) is 5.32 Å². The van der Waals surface area contributed by atoms with Gasteiger partial charge in [-0.05, 0) is 25.7 Å². The number of hydrogen-bond donors (Lipinski definition) is 3.